The number of hydrogen-bond donors (Lipinski definition) is 1. The zero-order valence-corrected chi connectivity index (χ0v) is 9.71. The minimum Gasteiger partial charge on any atom is -0.357 e. The number of nitrogens with zero attached hydrogens (tertiary/aromatic N) is 2. The zero-order chi connectivity index (χ0) is 9.97. The summed E-state index contributed by atoms with van der Waals surface area (Å²) in [7, 11) is 0. The minimum atomic E-state index is 0.824. The Morgan fingerprint density at radius 3 is 2.86 bits per heavy atom. The monoisotopic (exact) mass is 225 g/mol. The summed E-state index contributed by atoms with van der Waals surface area (Å²) in [5.74, 6) is 0. The number of aromatic nitrogens is 2. The highest BCUT2D eigenvalue weighted by molar-refractivity contribution is 7.13. The largest absolute Gasteiger partial charge is 0.357 e. The fraction of sp³-hybridized carbons (Fsp3) is 0.333. The molecule has 0 spiro atoms. The fourth-order valence-corrected chi connectivity index (χ4v) is 2.61. The van der Waals surface area contributed by atoms with E-state index < -0.39 is 0 Å². The summed E-state index contributed by atoms with van der Waals surface area (Å²) < 4.78 is 0. The molecule has 3 nitrogen and oxygen atoms in total. The van der Waals surface area contributed by atoms with Crippen LogP contribution in [-0.4, -0.2) is 9.97 Å². The average Bonchev–Trinajstić information content (AvgIpc) is 2.72. The highest BCUT2D eigenvalue weighted by atomic mass is 32.1. The first kappa shape index (κ1) is 9.61. The van der Waals surface area contributed by atoms with Crippen molar-refractivity contribution in [3.05, 3.63) is 27.2 Å². The molecule has 0 aliphatic rings. The summed E-state index contributed by atoms with van der Waals surface area (Å²) in [4.78, 5) is 9.82. The maximum absolute atomic E-state index is 4.37. The summed E-state index contributed by atoms with van der Waals surface area (Å²) in [6.07, 6.45) is 1.80. The molecule has 0 unspecified atom stereocenters. The van der Waals surface area contributed by atoms with Gasteiger partial charge in [-0.25, -0.2) is 9.97 Å². The van der Waals surface area contributed by atoms with Crippen molar-refractivity contribution < 1.29 is 0 Å². The highest BCUT2D eigenvalue weighted by Crippen LogP contribution is 2.19. The van der Waals surface area contributed by atoms with Crippen molar-refractivity contribution in [2.24, 2.45) is 0 Å². The van der Waals surface area contributed by atoms with E-state index in [1.165, 1.54) is 4.88 Å². The van der Waals surface area contributed by atoms with Gasteiger partial charge in [0, 0.05) is 16.5 Å². The molecule has 2 rings (SSSR count). The molecule has 0 aliphatic carbocycles. The number of rotatable bonds is 3. The van der Waals surface area contributed by atoms with Crippen LogP contribution in [-0.2, 0) is 6.54 Å². The standard InChI is InChI=1S/C9H11N3S2/c1-6-8(14-7(2)12-6)5-11-9-10-3-4-13-9/h3-4H,5H2,1-2H3,(H,10,11). The normalized spacial score (nSPS) is 10.4. The van der Waals surface area contributed by atoms with Crippen LogP contribution in [0.2, 0.25) is 0 Å². The maximum atomic E-state index is 4.37. The Morgan fingerprint density at radius 2 is 2.29 bits per heavy atom. The van der Waals surface area contributed by atoms with Crippen LogP contribution >= 0.6 is 22.7 Å². The summed E-state index contributed by atoms with van der Waals surface area (Å²) in [6.45, 7) is 4.90. The van der Waals surface area contributed by atoms with Gasteiger partial charge < -0.3 is 5.32 Å². The van der Waals surface area contributed by atoms with Gasteiger partial charge in [-0.3, -0.25) is 0 Å². The van der Waals surface area contributed by atoms with Crippen LogP contribution in [0.1, 0.15) is 15.6 Å². The Morgan fingerprint density at radius 1 is 1.43 bits per heavy atom. The molecular formula is C9H11N3S2. The summed E-state index contributed by atoms with van der Waals surface area (Å²) in [6, 6.07) is 0. The molecule has 0 saturated carbocycles. The van der Waals surface area contributed by atoms with Crippen molar-refractivity contribution in [3.8, 4) is 0 Å². The topological polar surface area (TPSA) is 37.8 Å². The third-order valence-electron chi connectivity index (χ3n) is 1.83. The first-order valence-electron chi connectivity index (χ1n) is 4.32. The van der Waals surface area contributed by atoms with E-state index in [1.54, 1.807) is 28.9 Å². The van der Waals surface area contributed by atoms with Gasteiger partial charge >= 0.3 is 0 Å². The predicted molar refractivity (Wildman–Crippen MR) is 61.0 cm³/mol. The summed E-state index contributed by atoms with van der Waals surface area (Å²) >= 11 is 3.36. The molecule has 0 radical (unpaired) electrons. The Bertz CT molecular complexity index is 406. The average molecular weight is 225 g/mol. The van der Waals surface area contributed by atoms with Gasteiger partial charge in [-0.2, -0.15) is 0 Å². The Kier molecular flexibility index (Phi) is 2.79. The molecule has 0 aliphatic heterocycles. The van der Waals surface area contributed by atoms with Crippen molar-refractivity contribution >= 4 is 27.8 Å². The molecule has 2 aromatic heterocycles. The number of thiazole rings is 2. The van der Waals surface area contributed by atoms with Gasteiger partial charge in [0.2, 0.25) is 0 Å². The van der Waals surface area contributed by atoms with E-state index in [0.717, 1.165) is 22.4 Å². The van der Waals surface area contributed by atoms with Crippen LogP contribution in [0.4, 0.5) is 5.13 Å². The van der Waals surface area contributed by atoms with Gasteiger partial charge in [0.1, 0.15) is 0 Å². The van der Waals surface area contributed by atoms with Gasteiger partial charge in [0.25, 0.3) is 0 Å². The van der Waals surface area contributed by atoms with E-state index in [9.17, 15) is 0 Å². The van der Waals surface area contributed by atoms with Gasteiger partial charge in [-0.15, -0.1) is 22.7 Å². The second-order valence-electron chi connectivity index (χ2n) is 2.93. The Hall–Kier alpha value is -0.940. The van der Waals surface area contributed by atoms with Crippen molar-refractivity contribution in [2.45, 2.75) is 20.4 Å². The van der Waals surface area contributed by atoms with Crippen LogP contribution in [0, 0.1) is 13.8 Å². The van der Waals surface area contributed by atoms with Crippen LogP contribution in [0.3, 0.4) is 0 Å². The molecule has 2 heterocycles. The van der Waals surface area contributed by atoms with Crippen molar-refractivity contribution in [2.75, 3.05) is 5.32 Å². The zero-order valence-electron chi connectivity index (χ0n) is 8.07. The molecule has 1 N–H and O–H groups in total. The van der Waals surface area contributed by atoms with Crippen molar-refractivity contribution in [1.29, 1.82) is 0 Å². The molecular weight excluding hydrogens is 214 g/mol. The first-order valence-corrected chi connectivity index (χ1v) is 6.01. The minimum absolute atomic E-state index is 0.824. The van der Waals surface area contributed by atoms with Gasteiger partial charge in [0.15, 0.2) is 5.13 Å². The van der Waals surface area contributed by atoms with Crippen LogP contribution in [0.25, 0.3) is 0 Å². The number of hydrogen-bond acceptors (Lipinski definition) is 5. The Balaban J connectivity index is 2.01. The van der Waals surface area contributed by atoms with E-state index in [1.807, 2.05) is 19.2 Å². The van der Waals surface area contributed by atoms with Crippen LogP contribution < -0.4 is 5.32 Å². The molecule has 0 atom stereocenters. The van der Waals surface area contributed by atoms with Crippen molar-refractivity contribution in [3.63, 3.8) is 0 Å². The lowest BCUT2D eigenvalue weighted by atomic mass is 10.4. The van der Waals surface area contributed by atoms with Gasteiger partial charge in [-0.05, 0) is 13.8 Å². The molecule has 2 aromatic rings. The SMILES string of the molecule is Cc1nc(C)c(CNc2nccs2)s1. The molecule has 0 fully saturated rings. The molecule has 0 saturated heterocycles. The number of aryl methyl sites for hydroxylation is 2. The van der Waals surface area contributed by atoms with E-state index in [4.69, 9.17) is 0 Å². The molecule has 0 amide bonds. The van der Waals surface area contributed by atoms with Crippen LogP contribution in [0.15, 0.2) is 11.6 Å². The maximum Gasteiger partial charge on any atom is 0.182 e. The van der Waals surface area contributed by atoms with Gasteiger partial charge in [-0.1, -0.05) is 0 Å². The fourth-order valence-electron chi connectivity index (χ4n) is 1.20. The van der Waals surface area contributed by atoms with Gasteiger partial charge in [0.05, 0.1) is 17.2 Å². The smallest absolute Gasteiger partial charge is 0.182 e. The van der Waals surface area contributed by atoms with E-state index in [-0.39, 0.29) is 0 Å². The van der Waals surface area contributed by atoms with E-state index in [2.05, 4.69) is 15.3 Å². The number of anilines is 1. The summed E-state index contributed by atoms with van der Waals surface area (Å²) in [5, 5.41) is 7.33. The predicted octanol–water partition coefficient (Wildman–Crippen LogP) is 2.83. The lowest BCUT2D eigenvalue weighted by Gasteiger charge is -1.99. The molecule has 74 valence electrons. The van der Waals surface area contributed by atoms with Crippen molar-refractivity contribution in [1.82, 2.24) is 9.97 Å². The number of nitrogens with one attached hydrogen (secondary N) is 1. The second-order valence-corrected chi connectivity index (χ2v) is 5.11. The van der Waals surface area contributed by atoms with E-state index >= 15 is 0 Å². The molecule has 5 heteroatoms. The molecule has 14 heavy (non-hydrogen) atoms. The quantitative estimate of drug-likeness (QED) is 0.873. The third kappa shape index (κ3) is 2.10. The highest BCUT2D eigenvalue weighted by Gasteiger charge is 2.04. The Labute approximate surface area is 90.9 Å². The molecule has 0 bridgehead atoms. The second kappa shape index (κ2) is 4.06. The lowest BCUT2D eigenvalue weighted by molar-refractivity contribution is 1.10. The molecule has 0 aromatic carbocycles. The first-order chi connectivity index (χ1) is 6.75. The third-order valence-corrected chi connectivity index (χ3v) is 3.64. The van der Waals surface area contributed by atoms with E-state index in [0.29, 0.717) is 0 Å². The lowest BCUT2D eigenvalue weighted by Crippen LogP contribution is -1.97. The summed E-state index contributed by atoms with van der Waals surface area (Å²) in [5.41, 5.74) is 1.12. The van der Waals surface area contributed by atoms with Crippen LogP contribution in [0.5, 0.6) is 0 Å².